The van der Waals surface area contributed by atoms with Crippen molar-refractivity contribution < 1.29 is 4.79 Å². The van der Waals surface area contributed by atoms with Crippen LogP contribution in [0.4, 0.5) is 0 Å². The number of amides is 1. The predicted octanol–water partition coefficient (Wildman–Crippen LogP) is 2.15. The lowest BCUT2D eigenvalue weighted by Crippen LogP contribution is -2.34. The average molecular weight is 289 g/mol. The largest absolute Gasteiger partial charge is 0.348 e. The summed E-state index contributed by atoms with van der Waals surface area (Å²) in [6.45, 7) is 10.7. The van der Waals surface area contributed by atoms with E-state index < -0.39 is 0 Å². The SMILES string of the molecule is CCn1ncc(C(C)NC(=O)C(C)n2nccc2C)c1C. The zero-order valence-electron chi connectivity index (χ0n) is 13.3. The highest BCUT2D eigenvalue weighted by Crippen LogP contribution is 2.18. The van der Waals surface area contributed by atoms with Gasteiger partial charge in [0.25, 0.3) is 0 Å². The summed E-state index contributed by atoms with van der Waals surface area (Å²) in [6, 6.07) is 1.49. The van der Waals surface area contributed by atoms with Crippen molar-refractivity contribution >= 4 is 5.91 Å². The van der Waals surface area contributed by atoms with E-state index in [0.29, 0.717) is 0 Å². The van der Waals surface area contributed by atoms with E-state index in [1.165, 1.54) is 0 Å². The summed E-state index contributed by atoms with van der Waals surface area (Å²) in [5.41, 5.74) is 3.11. The third-order valence-corrected chi connectivity index (χ3v) is 3.88. The summed E-state index contributed by atoms with van der Waals surface area (Å²) in [4.78, 5) is 12.4. The molecule has 0 fully saturated rings. The van der Waals surface area contributed by atoms with Crippen LogP contribution < -0.4 is 5.32 Å². The molecule has 2 rings (SSSR count). The number of aryl methyl sites for hydroxylation is 2. The van der Waals surface area contributed by atoms with Crippen molar-refractivity contribution in [3.8, 4) is 0 Å². The van der Waals surface area contributed by atoms with Crippen LogP contribution in [0.2, 0.25) is 0 Å². The molecule has 0 aliphatic rings. The molecule has 2 aromatic heterocycles. The van der Waals surface area contributed by atoms with Gasteiger partial charge in [0.15, 0.2) is 0 Å². The maximum atomic E-state index is 12.4. The zero-order chi connectivity index (χ0) is 15.6. The van der Waals surface area contributed by atoms with Gasteiger partial charge in [-0.3, -0.25) is 14.2 Å². The van der Waals surface area contributed by atoms with Crippen LogP contribution in [0.3, 0.4) is 0 Å². The van der Waals surface area contributed by atoms with Crippen LogP contribution >= 0.6 is 0 Å². The molecule has 6 heteroatoms. The van der Waals surface area contributed by atoms with Gasteiger partial charge in [-0.2, -0.15) is 10.2 Å². The summed E-state index contributed by atoms with van der Waals surface area (Å²) < 4.78 is 3.66. The van der Waals surface area contributed by atoms with Gasteiger partial charge in [0, 0.05) is 29.7 Å². The van der Waals surface area contributed by atoms with Gasteiger partial charge in [-0.05, 0) is 40.7 Å². The summed E-state index contributed by atoms with van der Waals surface area (Å²) in [5.74, 6) is -0.0436. The van der Waals surface area contributed by atoms with Crippen LogP contribution in [0.5, 0.6) is 0 Å². The first-order valence-corrected chi connectivity index (χ1v) is 7.28. The molecule has 1 N–H and O–H groups in total. The second-order valence-electron chi connectivity index (χ2n) is 5.32. The Balaban J connectivity index is 2.08. The average Bonchev–Trinajstić information content (AvgIpc) is 3.03. The molecule has 2 atom stereocenters. The highest BCUT2D eigenvalue weighted by molar-refractivity contribution is 5.80. The van der Waals surface area contributed by atoms with Gasteiger partial charge >= 0.3 is 0 Å². The normalized spacial score (nSPS) is 14.0. The third-order valence-electron chi connectivity index (χ3n) is 3.88. The number of carbonyl (C=O) groups is 1. The van der Waals surface area contributed by atoms with Gasteiger partial charge in [0.05, 0.1) is 12.2 Å². The molecule has 6 nitrogen and oxygen atoms in total. The minimum absolute atomic E-state index is 0.0436. The Hall–Kier alpha value is -2.11. The number of carbonyl (C=O) groups excluding carboxylic acids is 1. The van der Waals surface area contributed by atoms with E-state index in [1.807, 2.05) is 44.6 Å². The number of nitrogens with one attached hydrogen (secondary N) is 1. The molecular weight excluding hydrogens is 266 g/mol. The van der Waals surface area contributed by atoms with Crippen LogP contribution in [0, 0.1) is 13.8 Å². The molecule has 0 radical (unpaired) electrons. The number of hydrogen-bond acceptors (Lipinski definition) is 3. The quantitative estimate of drug-likeness (QED) is 0.917. The molecule has 2 aromatic rings. The number of nitrogens with zero attached hydrogens (tertiary/aromatic N) is 4. The summed E-state index contributed by atoms with van der Waals surface area (Å²) in [5, 5.41) is 11.5. The van der Waals surface area contributed by atoms with E-state index in [-0.39, 0.29) is 18.0 Å². The first kappa shape index (κ1) is 15.3. The first-order chi connectivity index (χ1) is 9.95. The molecule has 1 amide bonds. The van der Waals surface area contributed by atoms with Crippen LogP contribution in [0.1, 0.15) is 49.8 Å². The van der Waals surface area contributed by atoms with E-state index in [1.54, 1.807) is 10.9 Å². The molecular formula is C15H23N5O. The molecule has 114 valence electrons. The van der Waals surface area contributed by atoms with E-state index in [2.05, 4.69) is 22.4 Å². The number of aromatic nitrogens is 4. The monoisotopic (exact) mass is 289 g/mol. The molecule has 0 aliphatic carbocycles. The Bertz CT molecular complexity index is 628. The first-order valence-electron chi connectivity index (χ1n) is 7.28. The Kier molecular flexibility index (Phi) is 4.45. The maximum absolute atomic E-state index is 12.4. The lowest BCUT2D eigenvalue weighted by molar-refractivity contribution is -0.124. The third kappa shape index (κ3) is 2.99. The van der Waals surface area contributed by atoms with E-state index >= 15 is 0 Å². The van der Waals surface area contributed by atoms with Gasteiger partial charge in [-0.25, -0.2) is 0 Å². The summed E-state index contributed by atoms with van der Waals surface area (Å²) >= 11 is 0. The lowest BCUT2D eigenvalue weighted by Gasteiger charge is -2.19. The fourth-order valence-electron chi connectivity index (χ4n) is 2.51. The van der Waals surface area contributed by atoms with E-state index in [0.717, 1.165) is 23.5 Å². The Labute approximate surface area is 125 Å². The molecule has 21 heavy (non-hydrogen) atoms. The van der Waals surface area contributed by atoms with Gasteiger partial charge in [0.2, 0.25) is 5.91 Å². The van der Waals surface area contributed by atoms with Crippen molar-refractivity contribution in [2.75, 3.05) is 0 Å². The van der Waals surface area contributed by atoms with Crippen molar-refractivity contribution in [3.05, 3.63) is 35.4 Å². The Morgan fingerprint density at radius 2 is 2.05 bits per heavy atom. The Morgan fingerprint density at radius 1 is 1.33 bits per heavy atom. The van der Waals surface area contributed by atoms with Crippen LogP contribution in [0.25, 0.3) is 0 Å². The second-order valence-corrected chi connectivity index (χ2v) is 5.32. The molecule has 0 saturated carbocycles. The topological polar surface area (TPSA) is 64.7 Å². The molecule has 0 aliphatic heterocycles. The molecule has 0 aromatic carbocycles. The molecule has 2 unspecified atom stereocenters. The fraction of sp³-hybridized carbons (Fsp3) is 0.533. The highest BCUT2D eigenvalue weighted by atomic mass is 16.2. The van der Waals surface area contributed by atoms with Crippen molar-refractivity contribution in [1.82, 2.24) is 24.9 Å². The molecule has 0 spiro atoms. The lowest BCUT2D eigenvalue weighted by atomic mass is 10.1. The smallest absolute Gasteiger partial charge is 0.245 e. The standard InChI is InChI=1S/C15H23N5O/c1-6-19-12(4)14(9-17-19)11(3)18-15(21)13(5)20-10(2)7-8-16-20/h7-9,11,13H,6H2,1-5H3,(H,18,21). The molecule has 0 saturated heterocycles. The molecule has 0 bridgehead atoms. The maximum Gasteiger partial charge on any atom is 0.245 e. The van der Waals surface area contributed by atoms with Crippen molar-refractivity contribution in [3.63, 3.8) is 0 Å². The van der Waals surface area contributed by atoms with Gasteiger partial charge in [-0.1, -0.05) is 0 Å². The van der Waals surface area contributed by atoms with Crippen LogP contribution in [-0.4, -0.2) is 25.5 Å². The molecule has 2 heterocycles. The van der Waals surface area contributed by atoms with Gasteiger partial charge in [0.1, 0.15) is 6.04 Å². The zero-order valence-corrected chi connectivity index (χ0v) is 13.3. The van der Waals surface area contributed by atoms with Crippen molar-refractivity contribution in [2.24, 2.45) is 0 Å². The van der Waals surface area contributed by atoms with Gasteiger partial charge in [-0.15, -0.1) is 0 Å². The van der Waals surface area contributed by atoms with E-state index in [4.69, 9.17) is 0 Å². The summed E-state index contributed by atoms with van der Waals surface area (Å²) in [7, 11) is 0. The summed E-state index contributed by atoms with van der Waals surface area (Å²) in [6.07, 6.45) is 3.53. The van der Waals surface area contributed by atoms with Gasteiger partial charge < -0.3 is 5.32 Å². The van der Waals surface area contributed by atoms with Crippen LogP contribution in [-0.2, 0) is 11.3 Å². The van der Waals surface area contributed by atoms with E-state index in [9.17, 15) is 4.79 Å². The van der Waals surface area contributed by atoms with Crippen LogP contribution in [0.15, 0.2) is 18.5 Å². The Morgan fingerprint density at radius 3 is 2.57 bits per heavy atom. The predicted molar refractivity (Wildman–Crippen MR) is 80.9 cm³/mol. The highest BCUT2D eigenvalue weighted by Gasteiger charge is 2.21. The minimum atomic E-state index is -0.330. The minimum Gasteiger partial charge on any atom is -0.348 e. The van der Waals surface area contributed by atoms with Crippen molar-refractivity contribution in [1.29, 1.82) is 0 Å². The number of hydrogen-bond donors (Lipinski definition) is 1. The fourth-order valence-corrected chi connectivity index (χ4v) is 2.51. The second kappa shape index (κ2) is 6.11. The number of rotatable bonds is 5. The van der Waals surface area contributed by atoms with Crippen molar-refractivity contribution in [2.45, 2.75) is 53.2 Å².